The van der Waals surface area contributed by atoms with Crippen LogP contribution < -0.4 is 0 Å². The number of Topliss-reactive ketones (excluding diaryl/α,β-unsaturated/α-hetero) is 1. The van der Waals surface area contributed by atoms with Crippen LogP contribution in [0.1, 0.15) is 15.9 Å². The Hall–Kier alpha value is -0.540. The lowest BCUT2D eigenvalue weighted by Gasteiger charge is -2.05. The first kappa shape index (κ1) is 14.9. The molecule has 0 aliphatic rings. The largest absolute Gasteiger partial charge is 0.294 e. The van der Waals surface area contributed by atoms with E-state index in [1.54, 1.807) is 36.4 Å². The lowest BCUT2D eigenvalue weighted by Crippen LogP contribution is -2.04. The topological polar surface area (TPSA) is 17.1 Å². The van der Waals surface area contributed by atoms with Gasteiger partial charge in [-0.3, -0.25) is 4.79 Å². The Labute approximate surface area is 134 Å². The molecule has 2 aromatic carbocycles. The van der Waals surface area contributed by atoms with Gasteiger partial charge in [-0.25, -0.2) is 0 Å². The van der Waals surface area contributed by atoms with Gasteiger partial charge >= 0.3 is 0 Å². The van der Waals surface area contributed by atoms with Crippen LogP contribution >= 0.6 is 50.7 Å². The molecule has 0 heterocycles. The van der Waals surface area contributed by atoms with E-state index in [4.69, 9.17) is 34.8 Å². The molecule has 2 rings (SSSR count). The number of rotatable bonds is 3. The Bertz CT molecular complexity index is 641. The van der Waals surface area contributed by atoms with E-state index < -0.39 is 0 Å². The molecule has 0 saturated carbocycles. The van der Waals surface area contributed by atoms with E-state index in [-0.39, 0.29) is 12.2 Å². The molecule has 1 nitrogen and oxygen atoms in total. The van der Waals surface area contributed by atoms with E-state index >= 15 is 0 Å². The van der Waals surface area contributed by atoms with Crippen molar-refractivity contribution in [2.75, 3.05) is 0 Å². The summed E-state index contributed by atoms with van der Waals surface area (Å²) in [6.45, 7) is 0. The van der Waals surface area contributed by atoms with Gasteiger partial charge in [-0.2, -0.15) is 0 Å². The maximum atomic E-state index is 12.1. The van der Waals surface area contributed by atoms with Gasteiger partial charge in [0.2, 0.25) is 0 Å². The SMILES string of the molecule is O=C(Cc1ccc(Cl)cc1Cl)c1ccc(Br)c(Cl)c1. The first-order chi connectivity index (χ1) is 8.97. The number of benzene rings is 2. The van der Waals surface area contributed by atoms with Crippen molar-refractivity contribution in [1.29, 1.82) is 0 Å². The van der Waals surface area contributed by atoms with E-state index in [0.717, 1.165) is 10.0 Å². The smallest absolute Gasteiger partial charge is 0.167 e. The fraction of sp³-hybridized carbons (Fsp3) is 0.0714. The summed E-state index contributed by atoms with van der Waals surface area (Å²) in [6.07, 6.45) is 0.216. The minimum Gasteiger partial charge on any atom is -0.294 e. The lowest BCUT2D eigenvalue weighted by molar-refractivity contribution is 0.0993. The molecule has 5 heteroatoms. The fourth-order valence-corrected chi connectivity index (χ4v) is 2.51. The normalized spacial score (nSPS) is 10.5. The molecule has 0 amide bonds. The van der Waals surface area contributed by atoms with Crippen molar-refractivity contribution in [3.05, 3.63) is 67.1 Å². The predicted octanol–water partition coefficient (Wildman–Crippen LogP) is 5.83. The highest BCUT2D eigenvalue weighted by Crippen LogP contribution is 2.25. The van der Waals surface area contributed by atoms with Crippen molar-refractivity contribution in [3.63, 3.8) is 0 Å². The fourth-order valence-electron chi connectivity index (χ4n) is 1.61. The van der Waals surface area contributed by atoms with Gasteiger partial charge in [0.25, 0.3) is 0 Å². The Morgan fingerprint density at radius 3 is 2.37 bits per heavy atom. The number of halogens is 4. The average molecular weight is 378 g/mol. The molecular formula is C14H8BrCl3O. The molecule has 0 spiro atoms. The van der Waals surface area contributed by atoms with Gasteiger partial charge in [-0.1, -0.05) is 46.9 Å². The highest BCUT2D eigenvalue weighted by molar-refractivity contribution is 9.10. The third kappa shape index (κ3) is 3.73. The second-order valence-corrected chi connectivity index (χ2v) is 6.07. The average Bonchev–Trinajstić information content (AvgIpc) is 2.36. The van der Waals surface area contributed by atoms with Gasteiger partial charge in [0.05, 0.1) is 5.02 Å². The monoisotopic (exact) mass is 376 g/mol. The molecule has 98 valence electrons. The Kier molecular flexibility index (Phi) is 4.91. The van der Waals surface area contributed by atoms with Crippen LogP contribution in [0.2, 0.25) is 15.1 Å². The summed E-state index contributed by atoms with van der Waals surface area (Å²) in [7, 11) is 0. The molecule has 0 aromatic heterocycles. The summed E-state index contributed by atoms with van der Waals surface area (Å²) in [4.78, 5) is 12.1. The van der Waals surface area contributed by atoms with E-state index in [2.05, 4.69) is 15.9 Å². The predicted molar refractivity (Wildman–Crippen MR) is 83.6 cm³/mol. The van der Waals surface area contributed by atoms with Gasteiger partial charge in [0.1, 0.15) is 0 Å². The minimum absolute atomic E-state index is 0.0429. The molecule has 19 heavy (non-hydrogen) atoms. The number of hydrogen-bond donors (Lipinski definition) is 0. The molecule has 0 saturated heterocycles. The zero-order valence-electron chi connectivity index (χ0n) is 9.59. The third-order valence-corrected chi connectivity index (χ3v) is 4.43. The van der Waals surface area contributed by atoms with E-state index in [1.165, 1.54) is 0 Å². The summed E-state index contributed by atoms with van der Waals surface area (Å²) in [5, 5.41) is 1.55. The molecule has 0 radical (unpaired) electrons. The molecule has 0 aliphatic heterocycles. The maximum Gasteiger partial charge on any atom is 0.167 e. The molecule has 0 unspecified atom stereocenters. The number of carbonyl (C=O) groups excluding carboxylic acids is 1. The number of ketones is 1. The molecule has 0 aliphatic carbocycles. The summed E-state index contributed by atoms with van der Waals surface area (Å²) in [5.74, 6) is -0.0429. The summed E-state index contributed by atoms with van der Waals surface area (Å²) in [6, 6.07) is 10.2. The van der Waals surface area contributed by atoms with Gasteiger partial charge in [0.15, 0.2) is 5.78 Å². The van der Waals surface area contributed by atoms with Crippen molar-refractivity contribution < 1.29 is 4.79 Å². The van der Waals surface area contributed by atoms with Crippen molar-refractivity contribution in [1.82, 2.24) is 0 Å². The minimum atomic E-state index is -0.0429. The van der Waals surface area contributed by atoms with Crippen molar-refractivity contribution >= 4 is 56.5 Å². The van der Waals surface area contributed by atoms with Crippen LogP contribution in [0, 0.1) is 0 Å². The molecular weight excluding hydrogens is 370 g/mol. The van der Waals surface area contributed by atoms with Gasteiger partial charge in [0, 0.05) is 26.5 Å². The van der Waals surface area contributed by atoms with E-state index in [9.17, 15) is 4.79 Å². The van der Waals surface area contributed by atoms with Gasteiger partial charge in [-0.15, -0.1) is 0 Å². The number of hydrogen-bond acceptors (Lipinski definition) is 1. The zero-order chi connectivity index (χ0) is 14.0. The van der Waals surface area contributed by atoms with E-state index in [1.807, 2.05) is 0 Å². The van der Waals surface area contributed by atoms with Crippen LogP contribution in [-0.4, -0.2) is 5.78 Å². The first-order valence-electron chi connectivity index (χ1n) is 5.39. The van der Waals surface area contributed by atoms with Crippen LogP contribution in [0.5, 0.6) is 0 Å². The van der Waals surface area contributed by atoms with Crippen molar-refractivity contribution in [2.45, 2.75) is 6.42 Å². The van der Waals surface area contributed by atoms with Crippen LogP contribution in [0.3, 0.4) is 0 Å². The third-order valence-electron chi connectivity index (χ3n) is 2.61. The van der Waals surface area contributed by atoms with Gasteiger partial charge < -0.3 is 0 Å². The van der Waals surface area contributed by atoms with E-state index in [0.29, 0.717) is 20.6 Å². The quantitative estimate of drug-likeness (QED) is 0.614. The molecule has 0 bridgehead atoms. The van der Waals surface area contributed by atoms with Crippen LogP contribution in [0.25, 0.3) is 0 Å². The van der Waals surface area contributed by atoms with Crippen LogP contribution in [0.15, 0.2) is 40.9 Å². The highest BCUT2D eigenvalue weighted by atomic mass is 79.9. The molecule has 0 N–H and O–H groups in total. The lowest BCUT2D eigenvalue weighted by atomic mass is 10.0. The first-order valence-corrected chi connectivity index (χ1v) is 7.32. The van der Waals surface area contributed by atoms with Crippen molar-refractivity contribution in [2.24, 2.45) is 0 Å². The summed E-state index contributed by atoms with van der Waals surface area (Å²) in [5.41, 5.74) is 1.30. The zero-order valence-corrected chi connectivity index (χ0v) is 13.4. The highest BCUT2D eigenvalue weighted by Gasteiger charge is 2.11. The standard InChI is InChI=1S/C14H8BrCl3O/c15-11-4-2-9(5-13(11)18)14(19)6-8-1-3-10(16)7-12(8)17/h1-5,7H,6H2. The molecule has 0 atom stereocenters. The Morgan fingerprint density at radius 2 is 1.74 bits per heavy atom. The van der Waals surface area contributed by atoms with Gasteiger partial charge in [-0.05, 0) is 45.8 Å². The van der Waals surface area contributed by atoms with Crippen molar-refractivity contribution in [3.8, 4) is 0 Å². The number of carbonyl (C=O) groups is 1. The second kappa shape index (κ2) is 6.27. The maximum absolute atomic E-state index is 12.1. The summed E-state index contributed by atoms with van der Waals surface area (Å²) >= 11 is 21.1. The molecule has 0 fully saturated rings. The Balaban J connectivity index is 2.23. The van der Waals surface area contributed by atoms with Crippen LogP contribution in [0.4, 0.5) is 0 Å². The molecule has 2 aromatic rings. The summed E-state index contributed by atoms with van der Waals surface area (Å²) < 4.78 is 0.759. The van der Waals surface area contributed by atoms with Crippen LogP contribution in [-0.2, 0) is 6.42 Å². The Morgan fingerprint density at radius 1 is 1.00 bits per heavy atom. The second-order valence-electron chi connectivity index (χ2n) is 3.96.